The molecule has 0 saturated carbocycles. The van der Waals surface area contributed by atoms with Gasteiger partial charge in [0, 0.05) is 49.2 Å². The van der Waals surface area contributed by atoms with Gasteiger partial charge in [-0.2, -0.15) is 0 Å². The third-order valence-electron chi connectivity index (χ3n) is 6.63. The number of nitrogens with one attached hydrogen (secondary N) is 3. The molecule has 0 radical (unpaired) electrons. The summed E-state index contributed by atoms with van der Waals surface area (Å²) < 4.78 is 1.93. The van der Waals surface area contributed by atoms with Crippen LogP contribution in [-0.2, 0) is 14.4 Å². The molecule has 180 valence electrons. The molecule has 1 aromatic carbocycles. The molecule has 35 heavy (non-hydrogen) atoms. The van der Waals surface area contributed by atoms with Crippen molar-refractivity contribution in [3.05, 3.63) is 66.3 Å². The van der Waals surface area contributed by atoms with Gasteiger partial charge in [0.25, 0.3) is 0 Å². The Kier molecular flexibility index (Phi) is 5.94. The Labute approximate surface area is 202 Å². The summed E-state index contributed by atoms with van der Waals surface area (Å²) in [7, 11) is 0. The number of fused-ring (bicyclic) bond motifs is 1. The van der Waals surface area contributed by atoms with Gasteiger partial charge in [-0.1, -0.05) is 24.3 Å². The van der Waals surface area contributed by atoms with E-state index in [1.165, 1.54) is 0 Å². The van der Waals surface area contributed by atoms with Crippen LogP contribution < -0.4 is 16.0 Å². The smallest absolute Gasteiger partial charge is 0.319 e. The van der Waals surface area contributed by atoms with Gasteiger partial charge in [-0.15, -0.1) is 0 Å². The van der Waals surface area contributed by atoms with Crippen molar-refractivity contribution >= 4 is 29.4 Å². The Balaban J connectivity index is 1.18. The predicted octanol–water partition coefficient (Wildman–Crippen LogP) is 1.68. The van der Waals surface area contributed by atoms with Gasteiger partial charge in [0.1, 0.15) is 11.9 Å². The molecule has 3 unspecified atom stereocenters. The zero-order valence-electron chi connectivity index (χ0n) is 19.2. The number of urea groups is 1. The molecule has 1 aromatic heterocycles. The van der Waals surface area contributed by atoms with E-state index in [1.54, 1.807) is 11.1 Å². The highest BCUT2D eigenvalue weighted by atomic mass is 16.2. The fraction of sp³-hybridized carbons (Fsp3) is 0.320. The number of carbonyl (C=O) groups excluding carboxylic acids is 4. The fourth-order valence-corrected chi connectivity index (χ4v) is 4.86. The molecule has 0 bridgehead atoms. The molecule has 3 N–H and O–H groups in total. The maximum atomic E-state index is 12.9. The Hall–Kier alpha value is -4.21. The standard InChI is InChI=1S/C25H26N6O4/c1-15-26-9-10-30(15)19-4-2-3-18(12-19)28-25(35)27-13-16-5-6-20-17(11-16)14-31(24(20)34)21-7-8-22(32)29-23(21)33/h2-6,9-12,17,20-21H,7-8,13-14H2,1H3,(H2,27,28,35)(H,29,32,33). The van der Waals surface area contributed by atoms with Gasteiger partial charge in [-0.3, -0.25) is 19.7 Å². The summed E-state index contributed by atoms with van der Waals surface area (Å²) in [6, 6.07) is 6.53. The average molecular weight is 475 g/mol. The van der Waals surface area contributed by atoms with E-state index in [9.17, 15) is 19.2 Å². The van der Waals surface area contributed by atoms with Crippen LogP contribution in [0.4, 0.5) is 10.5 Å². The molecular weight excluding hydrogens is 448 g/mol. The van der Waals surface area contributed by atoms with Gasteiger partial charge in [0.05, 0.1) is 5.92 Å². The van der Waals surface area contributed by atoms with Gasteiger partial charge in [-0.05, 0) is 37.1 Å². The molecule has 3 aliphatic rings. The molecule has 2 aliphatic heterocycles. The lowest BCUT2D eigenvalue weighted by Gasteiger charge is -2.29. The quantitative estimate of drug-likeness (QED) is 0.569. The third kappa shape index (κ3) is 4.59. The van der Waals surface area contributed by atoms with Gasteiger partial charge in [-0.25, -0.2) is 9.78 Å². The molecule has 2 aromatic rings. The van der Waals surface area contributed by atoms with E-state index < -0.39 is 11.9 Å². The number of amides is 5. The minimum absolute atomic E-state index is 0.0760. The van der Waals surface area contributed by atoms with Gasteiger partial charge >= 0.3 is 6.03 Å². The first-order valence-corrected chi connectivity index (χ1v) is 11.6. The average Bonchev–Trinajstić information content (AvgIpc) is 3.41. The molecule has 10 nitrogen and oxygen atoms in total. The lowest BCUT2D eigenvalue weighted by molar-refractivity contribution is -0.144. The highest BCUT2D eigenvalue weighted by Crippen LogP contribution is 2.34. The van der Waals surface area contributed by atoms with E-state index in [-0.39, 0.29) is 36.1 Å². The molecule has 2 saturated heterocycles. The summed E-state index contributed by atoms with van der Waals surface area (Å²) in [6.45, 7) is 2.62. The molecule has 5 rings (SSSR count). The monoisotopic (exact) mass is 474 g/mol. The Morgan fingerprint density at radius 3 is 2.89 bits per heavy atom. The van der Waals surface area contributed by atoms with Crippen LogP contribution in [0.5, 0.6) is 0 Å². The van der Waals surface area contributed by atoms with E-state index in [0.717, 1.165) is 17.1 Å². The van der Waals surface area contributed by atoms with Crippen LogP contribution >= 0.6 is 0 Å². The maximum Gasteiger partial charge on any atom is 0.319 e. The Morgan fingerprint density at radius 2 is 2.11 bits per heavy atom. The molecule has 5 amide bonds. The summed E-state index contributed by atoms with van der Waals surface area (Å²) in [5.41, 5.74) is 2.44. The minimum Gasteiger partial charge on any atom is -0.334 e. The van der Waals surface area contributed by atoms with Crippen LogP contribution in [0.25, 0.3) is 5.69 Å². The molecule has 2 fully saturated rings. The van der Waals surface area contributed by atoms with Crippen LogP contribution in [0, 0.1) is 18.8 Å². The van der Waals surface area contributed by atoms with Crippen LogP contribution in [0.2, 0.25) is 0 Å². The number of benzene rings is 1. The van der Waals surface area contributed by atoms with Crippen molar-refractivity contribution in [1.82, 2.24) is 25.1 Å². The maximum absolute atomic E-state index is 12.9. The van der Waals surface area contributed by atoms with Crippen LogP contribution in [0.15, 0.2) is 60.5 Å². The minimum atomic E-state index is -0.609. The molecule has 0 spiro atoms. The fourth-order valence-electron chi connectivity index (χ4n) is 4.86. The number of imidazole rings is 1. The molecule has 10 heteroatoms. The largest absolute Gasteiger partial charge is 0.334 e. The zero-order valence-corrected chi connectivity index (χ0v) is 19.2. The number of imide groups is 1. The predicted molar refractivity (Wildman–Crippen MR) is 127 cm³/mol. The number of likely N-dealkylation sites (tertiary alicyclic amines) is 1. The first kappa shape index (κ1) is 22.6. The van der Waals surface area contributed by atoms with E-state index >= 15 is 0 Å². The van der Waals surface area contributed by atoms with Crippen LogP contribution in [0.1, 0.15) is 18.7 Å². The SMILES string of the molecule is Cc1nccn1-c1cccc(NC(=O)NCC2=CC3CN(C4CCC(=O)NC4=O)C(=O)C3C=C2)c1. The molecule has 1 aliphatic carbocycles. The number of hydrogen-bond acceptors (Lipinski definition) is 5. The number of nitrogens with zero attached hydrogens (tertiary/aromatic N) is 3. The number of carbonyl (C=O) groups is 4. The van der Waals surface area contributed by atoms with E-state index in [2.05, 4.69) is 20.9 Å². The summed E-state index contributed by atoms with van der Waals surface area (Å²) in [4.78, 5) is 54.8. The number of aryl methyl sites for hydroxylation is 1. The normalized spacial score (nSPS) is 23.6. The summed E-state index contributed by atoms with van der Waals surface area (Å²) in [5.74, 6) is -0.366. The summed E-state index contributed by atoms with van der Waals surface area (Å²) in [6.07, 6.45) is 9.83. The van der Waals surface area contributed by atoms with Crippen molar-refractivity contribution in [1.29, 1.82) is 0 Å². The topological polar surface area (TPSA) is 125 Å². The summed E-state index contributed by atoms with van der Waals surface area (Å²) >= 11 is 0. The van der Waals surface area contributed by atoms with Crippen LogP contribution in [0.3, 0.4) is 0 Å². The van der Waals surface area contributed by atoms with Gasteiger partial charge < -0.3 is 20.1 Å². The van der Waals surface area contributed by atoms with Crippen molar-refractivity contribution in [3.8, 4) is 5.69 Å². The first-order valence-electron chi connectivity index (χ1n) is 11.6. The van der Waals surface area contributed by atoms with Crippen LogP contribution in [-0.4, -0.2) is 57.3 Å². The zero-order chi connectivity index (χ0) is 24.5. The number of hydrogen-bond donors (Lipinski definition) is 3. The number of rotatable bonds is 5. The summed E-state index contributed by atoms with van der Waals surface area (Å²) in [5, 5.41) is 8.02. The molecular formula is C25H26N6O4. The van der Waals surface area contributed by atoms with Crippen molar-refractivity contribution < 1.29 is 19.2 Å². The lowest BCUT2D eigenvalue weighted by atomic mass is 9.88. The second-order valence-electron chi connectivity index (χ2n) is 8.95. The van der Waals surface area contributed by atoms with Gasteiger partial charge in [0.2, 0.25) is 17.7 Å². The number of aromatic nitrogens is 2. The van der Waals surface area contributed by atoms with E-state index in [1.807, 2.05) is 60.2 Å². The van der Waals surface area contributed by atoms with Crippen molar-refractivity contribution in [3.63, 3.8) is 0 Å². The third-order valence-corrected chi connectivity index (χ3v) is 6.63. The van der Waals surface area contributed by atoms with E-state index in [0.29, 0.717) is 25.2 Å². The Morgan fingerprint density at radius 1 is 1.26 bits per heavy atom. The van der Waals surface area contributed by atoms with Crippen molar-refractivity contribution in [2.45, 2.75) is 25.8 Å². The molecule has 3 heterocycles. The lowest BCUT2D eigenvalue weighted by Crippen LogP contribution is -2.53. The highest BCUT2D eigenvalue weighted by Gasteiger charge is 2.45. The first-order chi connectivity index (χ1) is 16.9. The van der Waals surface area contributed by atoms with E-state index in [4.69, 9.17) is 0 Å². The van der Waals surface area contributed by atoms with Crippen molar-refractivity contribution in [2.24, 2.45) is 11.8 Å². The number of anilines is 1. The Bertz CT molecular complexity index is 1260. The second-order valence-corrected chi connectivity index (χ2v) is 8.95. The number of piperidine rings is 1. The molecule has 3 atom stereocenters. The van der Waals surface area contributed by atoms with Gasteiger partial charge in [0.15, 0.2) is 0 Å². The van der Waals surface area contributed by atoms with Crippen molar-refractivity contribution in [2.75, 3.05) is 18.4 Å². The highest BCUT2D eigenvalue weighted by molar-refractivity contribution is 6.02. The second kappa shape index (κ2) is 9.21.